The number of carbonyl (C=O) groups excluding carboxylic acids is 3. The van der Waals surface area contributed by atoms with E-state index in [1.807, 2.05) is 72.1 Å². The molecule has 3 N–H and O–H groups in total. The highest BCUT2D eigenvalue weighted by atomic mass is 35.5. The lowest BCUT2D eigenvalue weighted by Gasteiger charge is -2.18. The maximum absolute atomic E-state index is 14.0. The first-order valence-electron chi connectivity index (χ1n) is 15.8. The van der Waals surface area contributed by atoms with E-state index in [1.165, 1.54) is 29.2 Å². The van der Waals surface area contributed by atoms with E-state index in [9.17, 15) is 19.6 Å². The van der Waals surface area contributed by atoms with E-state index < -0.39 is 17.1 Å². The molecule has 1 unspecified atom stereocenters. The Morgan fingerprint density at radius 1 is 0.788 bits per heavy atom. The number of nitrogens with zero attached hydrogens (tertiary/aromatic N) is 1. The molecule has 5 aromatic carbocycles. The highest BCUT2D eigenvalue weighted by Crippen LogP contribution is 2.40. The number of nitriles is 1. The molecule has 0 spiro atoms. The van der Waals surface area contributed by atoms with Gasteiger partial charge in [-0.25, -0.2) is 0 Å². The number of nitrogens with one attached hydrogen (secondary N) is 3. The number of hydrogen-bond acceptors (Lipinski definition) is 6. The summed E-state index contributed by atoms with van der Waals surface area (Å²) < 4.78 is 0. The molecular weight excluding hydrogens is 732 g/mol. The zero-order valence-electron chi connectivity index (χ0n) is 27.2. The molecule has 0 bridgehead atoms. The molecule has 3 amide bonds. The Bertz CT molecular complexity index is 2310. The van der Waals surface area contributed by atoms with Crippen LogP contribution in [0, 0.1) is 11.3 Å². The van der Waals surface area contributed by atoms with Gasteiger partial charge in [0.05, 0.1) is 15.6 Å². The van der Waals surface area contributed by atoms with Crippen LogP contribution in [0.1, 0.15) is 32.3 Å². The first-order valence-corrected chi connectivity index (χ1v) is 18.3. The van der Waals surface area contributed by atoms with E-state index in [4.69, 9.17) is 23.2 Å². The largest absolute Gasteiger partial charge is 0.321 e. The van der Waals surface area contributed by atoms with Crippen molar-refractivity contribution in [2.75, 3.05) is 10.6 Å². The fourth-order valence-corrected chi connectivity index (χ4v) is 7.55. The van der Waals surface area contributed by atoms with Gasteiger partial charge in [-0.1, -0.05) is 120 Å². The lowest BCUT2D eigenvalue weighted by molar-refractivity contribution is -0.116. The molecule has 1 aromatic heterocycles. The first kappa shape index (κ1) is 36.2. The van der Waals surface area contributed by atoms with Crippen LogP contribution in [0.4, 0.5) is 10.7 Å². The summed E-state index contributed by atoms with van der Waals surface area (Å²) in [5.74, 6) is -1.39. The molecule has 0 fully saturated rings. The number of thioether (sulfide) groups is 1. The summed E-state index contributed by atoms with van der Waals surface area (Å²) in [4.78, 5) is 41.5. The third kappa shape index (κ3) is 8.80. The monoisotopic (exact) mass is 758 g/mol. The number of hydrogen-bond donors (Lipinski definition) is 3. The van der Waals surface area contributed by atoms with Gasteiger partial charge < -0.3 is 16.0 Å². The molecule has 0 aliphatic rings. The second-order valence-electron chi connectivity index (χ2n) is 11.2. The molecule has 0 radical (unpaired) electrons. The molecule has 6 rings (SSSR count). The molecule has 1 atom stereocenters. The van der Waals surface area contributed by atoms with E-state index in [0.717, 1.165) is 16.7 Å². The van der Waals surface area contributed by atoms with Crippen LogP contribution in [0.3, 0.4) is 0 Å². The molecule has 1 heterocycles. The van der Waals surface area contributed by atoms with E-state index in [0.29, 0.717) is 37.3 Å². The van der Waals surface area contributed by atoms with Gasteiger partial charge in [0.15, 0.2) is 0 Å². The molecule has 11 heteroatoms. The predicted molar refractivity (Wildman–Crippen MR) is 212 cm³/mol. The van der Waals surface area contributed by atoms with Gasteiger partial charge in [0.25, 0.3) is 11.8 Å². The van der Waals surface area contributed by atoms with Crippen LogP contribution in [0.15, 0.2) is 149 Å². The van der Waals surface area contributed by atoms with Gasteiger partial charge >= 0.3 is 0 Å². The molecule has 256 valence electrons. The van der Waals surface area contributed by atoms with Gasteiger partial charge in [-0.2, -0.15) is 5.26 Å². The zero-order valence-corrected chi connectivity index (χ0v) is 30.3. The number of rotatable bonds is 11. The highest BCUT2D eigenvalue weighted by Gasteiger charge is 2.25. The second-order valence-corrected chi connectivity index (χ2v) is 14.1. The van der Waals surface area contributed by atoms with Crippen molar-refractivity contribution in [3.05, 3.63) is 177 Å². The van der Waals surface area contributed by atoms with Crippen molar-refractivity contribution in [2.24, 2.45) is 0 Å². The topological polar surface area (TPSA) is 111 Å². The van der Waals surface area contributed by atoms with Gasteiger partial charge in [-0.05, 0) is 59.2 Å². The summed E-state index contributed by atoms with van der Waals surface area (Å²) >= 11 is 15.2. The summed E-state index contributed by atoms with van der Waals surface area (Å²) in [5.41, 5.74) is 3.96. The maximum atomic E-state index is 14.0. The molecule has 0 saturated heterocycles. The minimum atomic E-state index is -0.702. The number of amides is 3. The Morgan fingerprint density at radius 2 is 1.46 bits per heavy atom. The zero-order chi connectivity index (χ0) is 36.5. The molecular formula is C41H28Cl2N4O3S2. The lowest BCUT2D eigenvalue weighted by atomic mass is 10.1. The highest BCUT2D eigenvalue weighted by molar-refractivity contribution is 8.00. The third-order valence-electron chi connectivity index (χ3n) is 7.72. The lowest BCUT2D eigenvalue weighted by Crippen LogP contribution is -2.30. The number of carbonyl (C=O) groups is 3. The fourth-order valence-electron chi connectivity index (χ4n) is 5.18. The summed E-state index contributed by atoms with van der Waals surface area (Å²) in [6.45, 7) is 0. The van der Waals surface area contributed by atoms with E-state index in [2.05, 4.69) is 22.0 Å². The quantitative estimate of drug-likeness (QED) is 0.0900. The Morgan fingerprint density at radius 3 is 2.17 bits per heavy atom. The standard InChI is InChI=1S/C41H28Cl2N4O3S2/c42-34-21-10-18-29(36(34)43)22-35(46-38(48)28-16-8-3-9-17-28)39(49)45-30-19-11-20-31(23-30)52-37(27-14-6-2-7-15-27)40(50)47-41-32(24-44)33(25-51-41)26-12-4-1-5-13-26/h1-23,25,37H,(H,45,49)(H,46,48)(H,47,50)/b35-22+. The molecule has 6 aromatic rings. The van der Waals surface area contributed by atoms with Crippen LogP contribution in [-0.2, 0) is 9.59 Å². The van der Waals surface area contributed by atoms with Gasteiger partial charge in [0, 0.05) is 27.1 Å². The smallest absolute Gasteiger partial charge is 0.272 e. The van der Waals surface area contributed by atoms with E-state index in [-0.39, 0.29) is 16.6 Å². The van der Waals surface area contributed by atoms with Crippen molar-refractivity contribution in [2.45, 2.75) is 10.1 Å². The van der Waals surface area contributed by atoms with Crippen LogP contribution in [0.2, 0.25) is 10.0 Å². The van der Waals surface area contributed by atoms with Crippen LogP contribution in [-0.4, -0.2) is 17.7 Å². The van der Waals surface area contributed by atoms with Crippen molar-refractivity contribution in [3.63, 3.8) is 0 Å². The van der Waals surface area contributed by atoms with Crippen molar-refractivity contribution < 1.29 is 14.4 Å². The molecule has 0 saturated carbocycles. The van der Waals surface area contributed by atoms with Crippen molar-refractivity contribution >= 4 is 80.8 Å². The molecule has 0 aliphatic heterocycles. The number of thiophene rings is 1. The molecule has 0 aliphatic carbocycles. The predicted octanol–water partition coefficient (Wildman–Crippen LogP) is 10.5. The summed E-state index contributed by atoms with van der Waals surface area (Å²) in [6.07, 6.45) is 1.46. The molecule has 52 heavy (non-hydrogen) atoms. The second kappa shape index (κ2) is 17.1. The third-order valence-corrected chi connectivity index (χ3v) is 10.7. The van der Waals surface area contributed by atoms with Crippen molar-refractivity contribution in [1.82, 2.24) is 5.32 Å². The average Bonchev–Trinajstić information content (AvgIpc) is 3.58. The summed E-state index contributed by atoms with van der Waals surface area (Å²) in [6, 6.07) is 41.7. The average molecular weight is 760 g/mol. The number of anilines is 2. The van der Waals surface area contributed by atoms with Gasteiger partial charge in [0.1, 0.15) is 22.0 Å². The fraction of sp³-hybridized carbons (Fsp3) is 0.0244. The number of halogens is 2. The van der Waals surface area contributed by atoms with Crippen LogP contribution in [0.5, 0.6) is 0 Å². The Labute approximate surface area is 318 Å². The van der Waals surface area contributed by atoms with E-state index >= 15 is 0 Å². The summed E-state index contributed by atoms with van der Waals surface area (Å²) in [7, 11) is 0. The molecule has 7 nitrogen and oxygen atoms in total. The van der Waals surface area contributed by atoms with Crippen LogP contribution >= 0.6 is 46.3 Å². The van der Waals surface area contributed by atoms with Crippen LogP contribution < -0.4 is 16.0 Å². The SMILES string of the molecule is N#Cc1c(-c2ccccc2)csc1NC(=O)C(Sc1cccc(NC(=O)/C(=C\c2cccc(Cl)c2Cl)NC(=O)c2ccccc2)c1)c1ccccc1. The van der Waals surface area contributed by atoms with Crippen molar-refractivity contribution in [3.8, 4) is 17.2 Å². The normalized spacial score (nSPS) is 11.6. The maximum Gasteiger partial charge on any atom is 0.272 e. The summed E-state index contributed by atoms with van der Waals surface area (Å²) in [5, 5.41) is 20.8. The van der Waals surface area contributed by atoms with E-state index in [1.54, 1.807) is 66.7 Å². The van der Waals surface area contributed by atoms with Gasteiger partial charge in [-0.15, -0.1) is 23.1 Å². The Hall–Kier alpha value is -5.63. The van der Waals surface area contributed by atoms with Crippen LogP contribution in [0.25, 0.3) is 17.2 Å². The van der Waals surface area contributed by atoms with Crippen molar-refractivity contribution in [1.29, 1.82) is 5.26 Å². The number of benzene rings is 5. The minimum absolute atomic E-state index is 0.0586. The van der Waals surface area contributed by atoms with Gasteiger partial charge in [0.2, 0.25) is 5.91 Å². The Balaban J connectivity index is 1.25. The minimum Gasteiger partial charge on any atom is -0.321 e. The first-order chi connectivity index (χ1) is 25.3. The Kier molecular flexibility index (Phi) is 11.9. The van der Waals surface area contributed by atoms with Gasteiger partial charge in [-0.3, -0.25) is 14.4 Å².